The van der Waals surface area contributed by atoms with Crippen LogP contribution in [-0.2, 0) is 0 Å². The molecule has 1 heterocycles. The Morgan fingerprint density at radius 1 is 1.06 bits per heavy atom. The molecule has 0 aliphatic rings. The van der Waals surface area contributed by atoms with E-state index in [4.69, 9.17) is 0 Å². The van der Waals surface area contributed by atoms with Crippen molar-refractivity contribution in [3.8, 4) is 11.3 Å². The maximum Gasteiger partial charge on any atom is 0.0727 e. The summed E-state index contributed by atoms with van der Waals surface area (Å²) in [6.45, 7) is 9.46. The molecule has 2 rings (SSSR count). The first-order valence-electron chi connectivity index (χ1n) is 6.40. The number of anilines is 1. The zero-order valence-electron chi connectivity index (χ0n) is 11.5. The summed E-state index contributed by atoms with van der Waals surface area (Å²) >= 11 is 0. The van der Waals surface area contributed by atoms with E-state index in [0.29, 0.717) is 0 Å². The molecule has 0 radical (unpaired) electrons. The second-order valence-corrected chi connectivity index (χ2v) is 4.73. The van der Waals surface area contributed by atoms with Gasteiger partial charge >= 0.3 is 0 Å². The zero-order valence-corrected chi connectivity index (χ0v) is 11.5. The van der Waals surface area contributed by atoms with Gasteiger partial charge in [-0.05, 0) is 51.0 Å². The molecule has 1 aromatic carbocycles. The number of nitrogens with zero attached hydrogens (tertiary/aromatic N) is 1. The molecule has 2 heteroatoms. The third kappa shape index (κ3) is 2.53. The first-order valence-corrected chi connectivity index (χ1v) is 6.40. The summed E-state index contributed by atoms with van der Waals surface area (Å²) in [5.74, 6) is 0. The molecular weight excluding hydrogens is 220 g/mol. The molecule has 0 aliphatic heterocycles. The van der Waals surface area contributed by atoms with Crippen molar-refractivity contribution >= 4 is 5.69 Å². The summed E-state index contributed by atoms with van der Waals surface area (Å²) in [4.78, 5) is 4.50. The van der Waals surface area contributed by atoms with Gasteiger partial charge in [0.05, 0.1) is 5.69 Å². The fourth-order valence-corrected chi connectivity index (χ4v) is 2.47. The highest BCUT2D eigenvalue weighted by atomic mass is 14.9. The fraction of sp³-hybridized carbons (Fsp3) is 0.312. The van der Waals surface area contributed by atoms with Crippen molar-refractivity contribution in [3.05, 3.63) is 47.2 Å². The molecule has 0 saturated heterocycles. The minimum atomic E-state index is 0.926. The summed E-state index contributed by atoms with van der Waals surface area (Å²) < 4.78 is 0. The van der Waals surface area contributed by atoms with Crippen molar-refractivity contribution < 1.29 is 0 Å². The first kappa shape index (κ1) is 12.6. The molecule has 0 bridgehead atoms. The van der Waals surface area contributed by atoms with Crippen molar-refractivity contribution in [2.45, 2.75) is 27.7 Å². The Labute approximate surface area is 109 Å². The van der Waals surface area contributed by atoms with Crippen molar-refractivity contribution in [1.29, 1.82) is 0 Å². The Hall–Kier alpha value is -1.83. The van der Waals surface area contributed by atoms with Gasteiger partial charge in [-0.3, -0.25) is 4.98 Å². The Morgan fingerprint density at radius 2 is 1.72 bits per heavy atom. The molecular formula is C16H20N2. The third-order valence-electron chi connectivity index (χ3n) is 3.07. The minimum absolute atomic E-state index is 0.926. The molecule has 18 heavy (non-hydrogen) atoms. The minimum Gasteiger partial charge on any atom is -0.385 e. The maximum atomic E-state index is 4.50. The lowest BCUT2D eigenvalue weighted by atomic mass is 9.97. The number of aromatic nitrogens is 1. The van der Waals surface area contributed by atoms with Crippen molar-refractivity contribution in [2.75, 3.05) is 11.9 Å². The van der Waals surface area contributed by atoms with Crippen LogP contribution in [0.1, 0.15) is 23.6 Å². The highest BCUT2D eigenvalue weighted by Gasteiger charge is 2.08. The Bertz CT molecular complexity index is 536. The Kier molecular flexibility index (Phi) is 3.66. The maximum absolute atomic E-state index is 4.50. The first-order chi connectivity index (χ1) is 8.61. The Morgan fingerprint density at radius 3 is 2.33 bits per heavy atom. The van der Waals surface area contributed by atoms with Gasteiger partial charge in [0.25, 0.3) is 0 Å². The monoisotopic (exact) mass is 240 g/mol. The average Bonchev–Trinajstić information content (AvgIpc) is 2.28. The van der Waals surface area contributed by atoms with E-state index in [1.165, 1.54) is 22.3 Å². The number of hydrogen-bond donors (Lipinski definition) is 1. The van der Waals surface area contributed by atoms with E-state index < -0.39 is 0 Å². The van der Waals surface area contributed by atoms with Gasteiger partial charge in [0.15, 0.2) is 0 Å². The van der Waals surface area contributed by atoms with E-state index in [-0.39, 0.29) is 0 Å². The van der Waals surface area contributed by atoms with Crippen LogP contribution in [0.3, 0.4) is 0 Å². The molecule has 0 unspecified atom stereocenters. The number of rotatable bonds is 3. The van der Waals surface area contributed by atoms with E-state index >= 15 is 0 Å². The molecule has 2 nitrogen and oxygen atoms in total. The van der Waals surface area contributed by atoms with Crippen LogP contribution in [0.15, 0.2) is 30.5 Å². The standard InChI is InChI=1S/C16H20N2/c1-5-17-14-6-7-18-15(10-14)16-12(3)8-11(2)9-13(16)4/h6-10H,5H2,1-4H3,(H,17,18). The number of pyridine rings is 1. The van der Waals surface area contributed by atoms with Gasteiger partial charge in [0.2, 0.25) is 0 Å². The van der Waals surface area contributed by atoms with Crippen molar-refractivity contribution in [1.82, 2.24) is 4.98 Å². The smallest absolute Gasteiger partial charge is 0.0727 e. The highest BCUT2D eigenvalue weighted by Crippen LogP contribution is 2.28. The lowest BCUT2D eigenvalue weighted by Crippen LogP contribution is -1.98. The number of nitrogens with one attached hydrogen (secondary N) is 1. The Balaban J connectivity index is 2.51. The fourth-order valence-electron chi connectivity index (χ4n) is 2.47. The predicted octanol–water partition coefficient (Wildman–Crippen LogP) is 4.11. The molecule has 2 aromatic rings. The zero-order chi connectivity index (χ0) is 13.1. The summed E-state index contributed by atoms with van der Waals surface area (Å²) in [6, 6.07) is 8.55. The lowest BCUT2D eigenvalue weighted by molar-refractivity contribution is 1.19. The van der Waals surface area contributed by atoms with E-state index in [0.717, 1.165) is 17.9 Å². The van der Waals surface area contributed by atoms with Crippen LogP contribution in [0.4, 0.5) is 5.69 Å². The molecule has 1 aromatic heterocycles. The van der Waals surface area contributed by atoms with Crippen LogP contribution in [0.2, 0.25) is 0 Å². The summed E-state index contributed by atoms with van der Waals surface area (Å²) in [7, 11) is 0. The molecule has 0 fully saturated rings. The van der Waals surface area contributed by atoms with E-state index in [2.05, 4.69) is 56.2 Å². The highest BCUT2D eigenvalue weighted by molar-refractivity contribution is 5.70. The molecule has 94 valence electrons. The normalized spacial score (nSPS) is 10.4. The molecule has 0 aliphatic carbocycles. The van der Waals surface area contributed by atoms with Crippen molar-refractivity contribution in [2.24, 2.45) is 0 Å². The van der Waals surface area contributed by atoms with Crippen LogP contribution >= 0.6 is 0 Å². The molecule has 0 saturated carbocycles. The summed E-state index contributed by atoms with van der Waals surface area (Å²) in [6.07, 6.45) is 1.87. The summed E-state index contributed by atoms with van der Waals surface area (Å²) in [5.41, 5.74) is 7.30. The predicted molar refractivity (Wildman–Crippen MR) is 78.0 cm³/mol. The molecule has 0 atom stereocenters. The van der Waals surface area contributed by atoms with Crippen LogP contribution in [-0.4, -0.2) is 11.5 Å². The summed E-state index contributed by atoms with van der Waals surface area (Å²) in [5, 5.41) is 3.33. The van der Waals surface area contributed by atoms with Gasteiger partial charge in [-0.2, -0.15) is 0 Å². The van der Waals surface area contributed by atoms with Crippen LogP contribution < -0.4 is 5.32 Å². The van der Waals surface area contributed by atoms with Gasteiger partial charge in [-0.15, -0.1) is 0 Å². The van der Waals surface area contributed by atoms with E-state index in [9.17, 15) is 0 Å². The largest absolute Gasteiger partial charge is 0.385 e. The second kappa shape index (κ2) is 5.21. The van der Waals surface area contributed by atoms with Gasteiger partial charge < -0.3 is 5.32 Å². The molecule has 0 amide bonds. The number of aryl methyl sites for hydroxylation is 3. The van der Waals surface area contributed by atoms with Gasteiger partial charge in [-0.25, -0.2) is 0 Å². The second-order valence-electron chi connectivity index (χ2n) is 4.73. The van der Waals surface area contributed by atoms with Crippen LogP contribution in [0, 0.1) is 20.8 Å². The topological polar surface area (TPSA) is 24.9 Å². The number of hydrogen-bond acceptors (Lipinski definition) is 2. The lowest BCUT2D eigenvalue weighted by Gasteiger charge is -2.12. The molecule has 0 spiro atoms. The van der Waals surface area contributed by atoms with Gasteiger partial charge in [0.1, 0.15) is 0 Å². The van der Waals surface area contributed by atoms with E-state index in [1.807, 2.05) is 12.3 Å². The molecule has 1 N–H and O–H groups in total. The van der Waals surface area contributed by atoms with Gasteiger partial charge in [0, 0.05) is 24.0 Å². The number of benzene rings is 1. The van der Waals surface area contributed by atoms with Crippen LogP contribution in [0.5, 0.6) is 0 Å². The van der Waals surface area contributed by atoms with Crippen molar-refractivity contribution in [3.63, 3.8) is 0 Å². The van der Waals surface area contributed by atoms with Crippen LogP contribution in [0.25, 0.3) is 11.3 Å². The quantitative estimate of drug-likeness (QED) is 0.873. The SMILES string of the molecule is CCNc1ccnc(-c2c(C)cc(C)cc2C)c1. The average molecular weight is 240 g/mol. The van der Waals surface area contributed by atoms with Gasteiger partial charge in [-0.1, -0.05) is 17.7 Å². The third-order valence-corrected chi connectivity index (χ3v) is 3.07. The van der Waals surface area contributed by atoms with E-state index in [1.54, 1.807) is 0 Å².